The van der Waals surface area contributed by atoms with Crippen molar-refractivity contribution in [3.63, 3.8) is 0 Å². The number of rotatable bonds is 6. The Hall–Kier alpha value is 1.43. The zero-order valence-electron chi connectivity index (χ0n) is 11.2. The first kappa shape index (κ1) is 25.4. The Morgan fingerprint density at radius 3 is 1.58 bits per heavy atom. The van der Waals surface area contributed by atoms with E-state index in [4.69, 9.17) is 41.4 Å². The molecule has 0 spiro atoms. The van der Waals surface area contributed by atoms with Gasteiger partial charge in [-0.05, 0) is 6.92 Å². The molecular formula is C5H16ClNaO10P2. The van der Waals surface area contributed by atoms with Crippen molar-refractivity contribution in [2.24, 2.45) is 0 Å². The molecular weight excluding hydrogens is 340 g/mol. The zero-order valence-corrected chi connectivity index (χ0v) is 14.7. The molecule has 0 bridgehead atoms. The molecule has 0 heterocycles. The van der Waals surface area contributed by atoms with E-state index in [9.17, 15) is 9.13 Å². The third-order valence-electron chi connectivity index (χ3n) is 1.01. The Morgan fingerprint density at radius 1 is 1.05 bits per heavy atom. The van der Waals surface area contributed by atoms with Crippen molar-refractivity contribution in [1.82, 2.24) is 0 Å². The van der Waals surface area contributed by atoms with Crippen LogP contribution in [0.4, 0.5) is 0 Å². The second kappa shape index (κ2) is 12.0. The average Bonchev–Trinajstić information content (AvgIpc) is 2.13. The predicted octanol–water partition coefficient (Wildman–Crippen LogP) is -3.75. The summed E-state index contributed by atoms with van der Waals surface area (Å²) in [6, 6.07) is 0. The van der Waals surface area contributed by atoms with Crippen molar-refractivity contribution in [1.29, 1.82) is 0 Å². The van der Waals surface area contributed by atoms with Crippen molar-refractivity contribution >= 4 is 27.2 Å². The van der Waals surface area contributed by atoms with Gasteiger partial charge in [0.1, 0.15) is 6.10 Å². The van der Waals surface area contributed by atoms with E-state index in [0.717, 1.165) is 6.92 Å². The molecule has 0 aromatic heterocycles. The molecule has 10 nitrogen and oxygen atoms in total. The Bertz CT molecular complexity index is 280. The van der Waals surface area contributed by atoms with E-state index < -0.39 is 27.3 Å². The van der Waals surface area contributed by atoms with E-state index in [1.165, 1.54) is 0 Å². The van der Waals surface area contributed by atoms with Crippen LogP contribution in [0.3, 0.4) is 0 Å². The fraction of sp³-hybridized carbons (Fsp3) is 1.00. The van der Waals surface area contributed by atoms with Gasteiger partial charge in [-0.3, -0.25) is 9.05 Å². The maximum atomic E-state index is 10.3. The number of hydrogen-bond donors (Lipinski definition) is 6. The monoisotopic (exact) mass is 356 g/mol. The van der Waals surface area contributed by atoms with E-state index in [1.807, 2.05) is 0 Å². The minimum atomic E-state index is -4.81. The van der Waals surface area contributed by atoms with Gasteiger partial charge in [-0.25, -0.2) is 9.13 Å². The molecule has 0 saturated heterocycles. The number of aliphatic hydroxyl groups is 2. The Labute approximate surface area is 137 Å². The third-order valence-corrected chi connectivity index (χ3v) is 2.69. The topological polar surface area (TPSA) is 174 Å². The van der Waals surface area contributed by atoms with E-state index in [2.05, 4.69) is 9.05 Å². The summed E-state index contributed by atoms with van der Waals surface area (Å²) in [5.74, 6) is 0. The Balaban J connectivity index is -0.000000188. The third kappa shape index (κ3) is 21.9. The normalized spacial score (nSPS) is 14.7. The van der Waals surface area contributed by atoms with Gasteiger partial charge in [0, 0.05) is 0 Å². The van der Waals surface area contributed by atoms with E-state index in [0.29, 0.717) is 0 Å². The van der Waals surface area contributed by atoms with Crippen molar-refractivity contribution in [3.8, 4) is 0 Å². The molecule has 0 aliphatic heterocycles. The number of aliphatic hydroxyl groups excluding tert-OH is 2. The summed E-state index contributed by atoms with van der Waals surface area (Å²) in [6.45, 7) is 0.840. The summed E-state index contributed by atoms with van der Waals surface area (Å²) in [7, 11) is -9.56. The van der Waals surface area contributed by atoms with Crippen LogP contribution in [0.2, 0.25) is 0 Å². The van der Waals surface area contributed by atoms with Crippen LogP contribution in [0.25, 0.3) is 0 Å². The summed E-state index contributed by atoms with van der Waals surface area (Å²) in [5.41, 5.74) is -1.66. The fourth-order valence-electron chi connectivity index (χ4n) is 0.481. The van der Waals surface area contributed by atoms with Gasteiger partial charge in [0.05, 0.1) is 13.2 Å². The van der Waals surface area contributed by atoms with Gasteiger partial charge in [0.2, 0.25) is 0 Å². The van der Waals surface area contributed by atoms with Crippen LogP contribution >= 0.6 is 27.2 Å². The van der Waals surface area contributed by atoms with Gasteiger partial charge >= 0.3 is 45.2 Å². The van der Waals surface area contributed by atoms with Gasteiger partial charge in [-0.15, -0.1) is 0 Å². The molecule has 2 atom stereocenters. The number of phosphoric ester groups is 2. The smallest absolute Gasteiger partial charge is 1.00 e. The molecule has 0 fully saturated rings. The van der Waals surface area contributed by atoms with Crippen molar-refractivity contribution in [2.75, 3.05) is 13.2 Å². The second-order valence-corrected chi connectivity index (χ2v) is 5.51. The van der Waals surface area contributed by atoms with Gasteiger partial charge in [0.25, 0.3) is 0 Å². The quantitative estimate of drug-likeness (QED) is 0.157. The number of hydrogen-bond acceptors (Lipinski definition) is 6. The number of phosphoric acid groups is 2. The fourth-order valence-corrected chi connectivity index (χ4v) is 1.89. The molecule has 0 rings (SSSR count). The SMILES string of the molecule is CC(OP(=O)(O)O)C(Cl)OP(=O)(O)O.OCCO.[H-].[Na+]. The molecule has 19 heavy (non-hydrogen) atoms. The standard InChI is InChI=1S/C3H9ClO8P2.C2H6O2.Na.H/c1-2(11-13(5,6)7)3(4)12-14(8,9)10;3-1-2-4;;/h2-3H,1H3,(H2,5,6,7)(H2,8,9,10);3-4H,1-2H2;;/q;;+1;-1. The van der Waals surface area contributed by atoms with Gasteiger partial charge in [0.15, 0.2) is 5.56 Å². The first-order valence-corrected chi connectivity index (χ1v) is 7.76. The summed E-state index contributed by atoms with van der Waals surface area (Å²) in [6.07, 6.45) is -1.37. The predicted molar refractivity (Wildman–Crippen MR) is 60.6 cm³/mol. The Morgan fingerprint density at radius 2 is 1.37 bits per heavy atom. The number of halogens is 1. The van der Waals surface area contributed by atoms with Crippen LogP contribution in [0, 0.1) is 0 Å². The zero-order chi connectivity index (χ0) is 15.0. The van der Waals surface area contributed by atoms with Crippen LogP contribution < -0.4 is 29.6 Å². The molecule has 0 aliphatic rings. The van der Waals surface area contributed by atoms with E-state index in [-0.39, 0.29) is 44.2 Å². The van der Waals surface area contributed by atoms with Crippen LogP contribution in [-0.2, 0) is 18.2 Å². The van der Waals surface area contributed by atoms with Gasteiger partial charge in [-0.1, -0.05) is 11.6 Å². The van der Waals surface area contributed by atoms with E-state index in [1.54, 1.807) is 0 Å². The minimum Gasteiger partial charge on any atom is -1.00 e. The van der Waals surface area contributed by atoms with Crippen LogP contribution in [-0.4, -0.2) is 54.7 Å². The van der Waals surface area contributed by atoms with Gasteiger partial charge in [-0.2, -0.15) is 0 Å². The average molecular weight is 357 g/mol. The summed E-state index contributed by atoms with van der Waals surface area (Å²) >= 11 is 5.24. The largest absolute Gasteiger partial charge is 1.00 e. The van der Waals surface area contributed by atoms with Crippen LogP contribution in [0.1, 0.15) is 8.35 Å². The molecule has 6 N–H and O–H groups in total. The molecule has 0 amide bonds. The first-order chi connectivity index (χ1) is 7.93. The molecule has 2 unspecified atom stereocenters. The molecule has 0 radical (unpaired) electrons. The molecule has 0 aliphatic carbocycles. The van der Waals surface area contributed by atoms with E-state index >= 15 is 0 Å². The maximum Gasteiger partial charge on any atom is 1.00 e. The molecule has 0 saturated carbocycles. The van der Waals surface area contributed by atoms with Crippen molar-refractivity contribution < 1.29 is 78.9 Å². The summed E-state index contributed by atoms with van der Waals surface area (Å²) in [4.78, 5) is 33.2. The van der Waals surface area contributed by atoms with Crippen molar-refractivity contribution in [2.45, 2.75) is 18.6 Å². The first-order valence-electron chi connectivity index (χ1n) is 4.26. The molecule has 114 valence electrons. The molecule has 14 heteroatoms. The second-order valence-electron chi connectivity index (χ2n) is 2.70. The summed E-state index contributed by atoms with van der Waals surface area (Å²) in [5, 5.41) is 15.2. The summed E-state index contributed by atoms with van der Waals surface area (Å²) < 4.78 is 28.4. The molecule has 0 aromatic rings. The number of alkyl halides is 1. The van der Waals surface area contributed by atoms with Crippen LogP contribution in [0.15, 0.2) is 0 Å². The van der Waals surface area contributed by atoms with Crippen molar-refractivity contribution in [3.05, 3.63) is 0 Å². The maximum absolute atomic E-state index is 10.3. The Kier molecular flexibility index (Phi) is 16.1. The minimum absolute atomic E-state index is 0. The molecule has 0 aromatic carbocycles. The van der Waals surface area contributed by atoms with Crippen LogP contribution in [0.5, 0.6) is 0 Å². The van der Waals surface area contributed by atoms with Gasteiger partial charge < -0.3 is 31.2 Å².